The number of methoxy groups -OCH3 is 1. The zero-order chi connectivity index (χ0) is 12.6. The highest BCUT2D eigenvalue weighted by Crippen LogP contribution is 2.35. The van der Waals surface area contributed by atoms with Gasteiger partial charge in [-0.05, 0) is 23.8 Å². The van der Waals surface area contributed by atoms with E-state index in [1.165, 1.54) is 0 Å². The number of ether oxygens (including phenoxy) is 1. The molecule has 0 radical (unpaired) electrons. The Morgan fingerprint density at radius 1 is 1.41 bits per heavy atom. The van der Waals surface area contributed by atoms with Gasteiger partial charge in [0.05, 0.1) is 17.8 Å². The molecular weight excluding hydrogens is 238 g/mol. The van der Waals surface area contributed by atoms with Crippen molar-refractivity contribution in [2.75, 3.05) is 12.9 Å². The Labute approximate surface area is 102 Å². The van der Waals surface area contributed by atoms with Crippen molar-refractivity contribution in [1.82, 2.24) is 5.32 Å². The quantitative estimate of drug-likeness (QED) is 0.889. The number of hydrogen-bond donors (Lipinski definition) is 1. The van der Waals surface area contributed by atoms with Crippen LogP contribution in [-0.2, 0) is 9.84 Å². The average Bonchev–Trinajstić information content (AvgIpc) is 2.49. The molecule has 17 heavy (non-hydrogen) atoms. The molecule has 1 aliphatic rings. The zero-order valence-electron chi connectivity index (χ0n) is 10.2. The summed E-state index contributed by atoms with van der Waals surface area (Å²) in [6, 6.07) is 5.23. The van der Waals surface area contributed by atoms with Gasteiger partial charge in [-0.2, -0.15) is 0 Å². The van der Waals surface area contributed by atoms with Crippen molar-refractivity contribution in [3.05, 3.63) is 23.8 Å². The predicted molar refractivity (Wildman–Crippen MR) is 66.1 cm³/mol. The molecule has 0 amide bonds. The van der Waals surface area contributed by atoms with Crippen molar-refractivity contribution >= 4 is 9.84 Å². The molecule has 0 fully saturated rings. The maximum atomic E-state index is 12.0. The second-order valence-corrected chi connectivity index (χ2v) is 6.56. The minimum absolute atomic E-state index is 0.133. The topological polar surface area (TPSA) is 55.4 Å². The summed E-state index contributed by atoms with van der Waals surface area (Å²) in [6.07, 6.45) is 0. The van der Waals surface area contributed by atoms with Gasteiger partial charge in [-0.3, -0.25) is 0 Å². The standard InChI is InChI=1S/C12H17NO3S/c1-8(2)13-11-7-17(14,15)12-5-4-9(16-3)6-10(11)12/h4-6,8,11,13H,7H2,1-3H3. The van der Waals surface area contributed by atoms with E-state index in [2.05, 4.69) is 5.32 Å². The van der Waals surface area contributed by atoms with E-state index in [4.69, 9.17) is 4.74 Å². The van der Waals surface area contributed by atoms with Crippen LogP contribution in [0, 0.1) is 0 Å². The molecule has 1 unspecified atom stereocenters. The molecule has 1 heterocycles. The van der Waals surface area contributed by atoms with E-state index in [1.807, 2.05) is 13.8 Å². The van der Waals surface area contributed by atoms with Gasteiger partial charge in [0.25, 0.3) is 0 Å². The first-order valence-electron chi connectivity index (χ1n) is 5.61. The molecule has 0 bridgehead atoms. The van der Waals surface area contributed by atoms with E-state index < -0.39 is 9.84 Å². The summed E-state index contributed by atoms with van der Waals surface area (Å²) in [6.45, 7) is 4.01. The zero-order valence-corrected chi connectivity index (χ0v) is 11.0. The molecule has 1 atom stereocenters. The van der Waals surface area contributed by atoms with Gasteiger partial charge >= 0.3 is 0 Å². The summed E-state index contributed by atoms with van der Waals surface area (Å²) in [5.41, 5.74) is 0.818. The van der Waals surface area contributed by atoms with Crippen LogP contribution >= 0.6 is 0 Å². The lowest BCUT2D eigenvalue weighted by Gasteiger charge is -2.16. The van der Waals surface area contributed by atoms with Crippen LogP contribution in [0.1, 0.15) is 25.5 Å². The first kappa shape index (κ1) is 12.4. The van der Waals surface area contributed by atoms with Crippen LogP contribution < -0.4 is 10.1 Å². The second kappa shape index (κ2) is 4.31. The van der Waals surface area contributed by atoms with E-state index in [-0.39, 0.29) is 17.8 Å². The van der Waals surface area contributed by atoms with Gasteiger partial charge in [-0.25, -0.2) is 8.42 Å². The van der Waals surface area contributed by atoms with Crippen molar-refractivity contribution in [3.63, 3.8) is 0 Å². The third kappa shape index (κ3) is 2.30. The van der Waals surface area contributed by atoms with Gasteiger partial charge in [0, 0.05) is 12.1 Å². The van der Waals surface area contributed by atoms with Crippen LogP contribution in [0.4, 0.5) is 0 Å². The maximum absolute atomic E-state index is 12.0. The summed E-state index contributed by atoms with van der Waals surface area (Å²) >= 11 is 0. The van der Waals surface area contributed by atoms with Crippen molar-refractivity contribution in [1.29, 1.82) is 0 Å². The molecule has 1 N–H and O–H groups in total. The molecule has 0 spiro atoms. The Balaban J connectivity index is 2.46. The lowest BCUT2D eigenvalue weighted by atomic mass is 10.1. The largest absolute Gasteiger partial charge is 0.497 e. The Bertz CT molecular complexity index is 523. The molecule has 0 saturated heterocycles. The third-order valence-corrected chi connectivity index (χ3v) is 4.66. The van der Waals surface area contributed by atoms with E-state index in [9.17, 15) is 8.42 Å². The van der Waals surface area contributed by atoms with Crippen LogP contribution in [-0.4, -0.2) is 27.3 Å². The maximum Gasteiger partial charge on any atom is 0.180 e. The smallest absolute Gasteiger partial charge is 0.180 e. The van der Waals surface area contributed by atoms with Gasteiger partial charge < -0.3 is 10.1 Å². The number of nitrogens with one attached hydrogen (secondary N) is 1. The molecule has 0 aromatic heterocycles. The molecule has 2 rings (SSSR count). The van der Waals surface area contributed by atoms with Crippen molar-refractivity contribution in [2.45, 2.75) is 30.8 Å². The number of sulfone groups is 1. The Hall–Kier alpha value is -1.07. The first-order chi connectivity index (χ1) is 7.94. The molecule has 1 aliphatic heterocycles. The minimum Gasteiger partial charge on any atom is -0.497 e. The molecule has 1 aromatic carbocycles. The van der Waals surface area contributed by atoms with E-state index >= 15 is 0 Å². The lowest BCUT2D eigenvalue weighted by Crippen LogP contribution is -2.29. The van der Waals surface area contributed by atoms with Gasteiger partial charge in [-0.15, -0.1) is 0 Å². The molecule has 4 nitrogen and oxygen atoms in total. The van der Waals surface area contributed by atoms with Gasteiger partial charge in [-0.1, -0.05) is 13.8 Å². The fraction of sp³-hybridized carbons (Fsp3) is 0.500. The van der Waals surface area contributed by atoms with Gasteiger partial charge in [0.15, 0.2) is 9.84 Å². The first-order valence-corrected chi connectivity index (χ1v) is 7.26. The highest BCUT2D eigenvalue weighted by Gasteiger charge is 2.35. The Kier molecular flexibility index (Phi) is 3.14. The minimum atomic E-state index is -3.14. The fourth-order valence-electron chi connectivity index (χ4n) is 2.15. The Morgan fingerprint density at radius 2 is 2.12 bits per heavy atom. The van der Waals surface area contributed by atoms with Crippen LogP contribution in [0.3, 0.4) is 0 Å². The Morgan fingerprint density at radius 3 is 2.71 bits per heavy atom. The van der Waals surface area contributed by atoms with E-state index in [0.717, 1.165) is 5.56 Å². The molecule has 1 aromatic rings. The van der Waals surface area contributed by atoms with E-state index in [1.54, 1.807) is 25.3 Å². The fourth-order valence-corrected chi connectivity index (χ4v) is 3.88. The monoisotopic (exact) mass is 255 g/mol. The van der Waals surface area contributed by atoms with Crippen LogP contribution in [0.15, 0.2) is 23.1 Å². The number of rotatable bonds is 3. The summed E-state index contributed by atoms with van der Waals surface area (Å²) in [4.78, 5) is 0.427. The van der Waals surface area contributed by atoms with Crippen molar-refractivity contribution in [2.24, 2.45) is 0 Å². The highest BCUT2D eigenvalue weighted by molar-refractivity contribution is 7.91. The molecule has 0 saturated carbocycles. The summed E-state index contributed by atoms with van der Waals surface area (Å²) in [5, 5.41) is 3.27. The van der Waals surface area contributed by atoms with Gasteiger partial charge in [0.1, 0.15) is 5.75 Å². The summed E-state index contributed by atoms with van der Waals surface area (Å²) < 4.78 is 29.1. The highest BCUT2D eigenvalue weighted by atomic mass is 32.2. The van der Waals surface area contributed by atoms with Gasteiger partial charge in [0.2, 0.25) is 0 Å². The third-order valence-electron chi connectivity index (χ3n) is 2.85. The number of fused-ring (bicyclic) bond motifs is 1. The van der Waals surface area contributed by atoms with Crippen LogP contribution in [0.5, 0.6) is 5.75 Å². The average molecular weight is 255 g/mol. The van der Waals surface area contributed by atoms with E-state index in [0.29, 0.717) is 10.6 Å². The molecule has 94 valence electrons. The molecule has 5 heteroatoms. The second-order valence-electron chi connectivity index (χ2n) is 4.56. The predicted octanol–water partition coefficient (Wildman–Crippen LogP) is 1.52. The summed E-state index contributed by atoms with van der Waals surface area (Å²) in [7, 11) is -1.56. The summed E-state index contributed by atoms with van der Waals surface area (Å²) in [5.74, 6) is 0.824. The lowest BCUT2D eigenvalue weighted by molar-refractivity contribution is 0.412. The molecular formula is C12H17NO3S. The van der Waals surface area contributed by atoms with Crippen molar-refractivity contribution < 1.29 is 13.2 Å². The normalized spacial score (nSPS) is 21.5. The van der Waals surface area contributed by atoms with Crippen LogP contribution in [0.25, 0.3) is 0 Å². The molecule has 0 aliphatic carbocycles. The van der Waals surface area contributed by atoms with Crippen LogP contribution in [0.2, 0.25) is 0 Å². The number of benzene rings is 1. The SMILES string of the molecule is COc1ccc2c(c1)C(NC(C)C)CS2(=O)=O. The van der Waals surface area contributed by atoms with Crippen molar-refractivity contribution in [3.8, 4) is 5.75 Å². The number of hydrogen-bond acceptors (Lipinski definition) is 4.